The third kappa shape index (κ3) is 7.81. The Hall–Kier alpha value is -2.37. The van der Waals surface area contributed by atoms with Crippen molar-refractivity contribution in [3.05, 3.63) is 64.7 Å². The number of benzene rings is 2. The highest BCUT2D eigenvalue weighted by atomic mass is 16.5. The summed E-state index contributed by atoms with van der Waals surface area (Å²) < 4.78 is 6.24. The zero-order chi connectivity index (χ0) is 25.5. The van der Waals surface area contributed by atoms with Crippen LogP contribution in [0.5, 0.6) is 5.75 Å². The van der Waals surface area contributed by atoms with Crippen LogP contribution in [0.25, 0.3) is 0 Å². The van der Waals surface area contributed by atoms with Crippen molar-refractivity contribution in [1.29, 1.82) is 0 Å². The van der Waals surface area contributed by atoms with Crippen molar-refractivity contribution in [2.75, 3.05) is 32.8 Å². The monoisotopic (exact) mass is 492 g/mol. The number of rotatable bonds is 3. The topological polar surface area (TPSA) is 53.0 Å². The molecule has 0 saturated carbocycles. The molecule has 2 aromatic carbocycles. The maximum Gasteiger partial charge on any atom is 0.253 e. The Labute approximate surface area is 217 Å². The SMILES string of the molecule is CC(C)(C)CCN1CCCCCOc2ccc(C(=O)N3CCCC(O)C3)cc2Cc2cccc(c2)C1. The van der Waals surface area contributed by atoms with Gasteiger partial charge in [-0.2, -0.15) is 0 Å². The number of hydrogen-bond acceptors (Lipinski definition) is 4. The van der Waals surface area contributed by atoms with Crippen LogP contribution in [0.15, 0.2) is 42.5 Å². The largest absolute Gasteiger partial charge is 0.493 e. The molecule has 0 aromatic heterocycles. The van der Waals surface area contributed by atoms with E-state index in [1.165, 1.54) is 24.0 Å². The summed E-state index contributed by atoms with van der Waals surface area (Å²) in [6.45, 7) is 12.0. The Morgan fingerprint density at radius 3 is 2.67 bits per heavy atom. The number of amides is 1. The number of piperidine rings is 1. The van der Waals surface area contributed by atoms with Gasteiger partial charge < -0.3 is 14.7 Å². The van der Waals surface area contributed by atoms with E-state index in [0.29, 0.717) is 30.7 Å². The molecule has 4 rings (SSSR count). The molecule has 5 nitrogen and oxygen atoms in total. The standard InChI is InChI=1S/C31H44N2O3/c1-31(2,3)14-17-32-15-5-4-6-18-36-29-13-12-26(30(35)33-16-8-11-28(34)23-33)21-27(29)20-24-9-7-10-25(19-24)22-32/h7,9-10,12-13,19,21,28,34H,4-6,8,11,14-18,20,22-23H2,1-3H3. The van der Waals surface area contributed by atoms with Crippen molar-refractivity contribution in [3.63, 3.8) is 0 Å². The second-order valence-corrected chi connectivity index (χ2v) is 11.9. The maximum atomic E-state index is 13.2. The number of carbonyl (C=O) groups excluding carboxylic acids is 1. The number of ether oxygens (including phenoxy) is 1. The number of nitrogens with zero attached hydrogens (tertiary/aromatic N) is 2. The molecule has 0 spiro atoms. The van der Waals surface area contributed by atoms with Crippen LogP contribution < -0.4 is 4.74 Å². The van der Waals surface area contributed by atoms with Gasteiger partial charge in [-0.05, 0) is 91.9 Å². The van der Waals surface area contributed by atoms with Gasteiger partial charge >= 0.3 is 0 Å². The van der Waals surface area contributed by atoms with Crippen LogP contribution in [-0.4, -0.2) is 59.7 Å². The van der Waals surface area contributed by atoms with Gasteiger partial charge in [0.15, 0.2) is 0 Å². The van der Waals surface area contributed by atoms with E-state index in [-0.39, 0.29) is 5.91 Å². The number of aliphatic hydroxyl groups excluding tert-OH is 1. The molecular formula is C31H44N2O3. The molecule has 2 bridgehead atoms. The quantitative estimate of drug-likeness (QED) is 0.599. The summed E-state index contributed by atoms with van der Waals surface area (Å²) in [5, 5.41) is 10.0. The average Bonchev–Trinajstić information content (AvgIpc) is 2.84. The summed E-state index contributed by atoms with van der Waals surface area (Å²) in [7, 11) is 0. The van der Waals surface area contributed by atoms with E-state index < -0.39 is 6.10 Å². The lowest BCUT2D eigenvalue weighted by molar-refractivity contribution is 0.0473. The van der Waals surface area contributed by atoms with Crippen molar-refractivity contribution in [2.45, 2.75) is 78.4 Å². The van der Waals surface area contributed by atoms with E-state index in [1.54, 1.807) is 4.90 Å². The van der Waals surface area contributed by atoms with E-state index in [4.69, 9.17) is 4.74 Å². The van der Waals surface area contributed by atoms with Crippen molar-refractivity contribution < 1.29 is 14.6 Å². The third-order valence-electron chi connectivity index (χ3n) is 7.34. The lowest BCUT2D eigenvalue weighted by Crippen LogP contribution is -2.42. The first kappa shape index (κ1) is 26.7. The zero-order valence-corrected chi connectivity index (χ0v) is 22.5. The van der Waals surface area contributed by atoms with Crippen molar-refractivity contribution in [1.82, 2.24) is 9.80 Å². The van der Waals surface area contributed by atoms with Gasteiger partial charge in [0.05, 0.1) is 12.7 Å². The lowest BCUT2D eigenvalue weighted by Gasteiger charge is -2.30. The molecule has 2 aliphatic rings. The minimum atomic E-state index is -0.422. The molecule has 2 aromatic rings. The predicted octanol–water partition coefficient (Wildman–Crippen LogP) is 5.68. The van der Waals surface area contributed by atoms with Gasteiger partial charge in [-0.3, -0.25) is 9.69 Å². The summed E-state index contributed by atoms with van der Waals surface area (Å²) in [6.07, 6.45) is 6.47. The molecular weight excluding hydrogens is 448 g/mol. The van der Waals surface area contributed by atoms with Gasteiger partial charge in [0, 0.05) is 31.6 Å². The van der Waals surface area contributed by atoms with Crippen LogP contribution in [-0.2, 0) is 13.0 Å². The van der Waals surface area contributed by atoms with Crippen molar-refractivity contribution >= 4 is 5.91 Å². The molecule has 5 heteroatoms. The second kappa shape index (κ2) is 12.2. The molecule has 36 heavy (non-hydrogen) atoms. The molecule has 1 atom stereocenters. The first-order valence-electron chi connectivity index (χ1n) is 13.8. The Balaban J connectivity index is 1.56. The first-order valence-corrected chi connectivity index (χ1v) is 13.8. The second-order valence-electron chi connectivity index (χ2n) is 11.9. The van der Waals surface area contributed by atoms with Gasteiger partial charge in [0.25, 0.3) is 5.91 Å². The highest BCUT2D eigenvalue weighted by Gasteiger charge is 2.24. The summed E-state index contributed by atoms with van der Waals surface area (Å²) >= 11 is 0. The van der Waals surface area contributed by atoms with Gasteiger partial charge in [0.1, 0.15) is 5.75 Å². The molecule has 1 N–H and O–H groups in total. The Morgan fingerprint density at radius 2 is 1.86 bits per heavy atom. The third-order valence-corrected chi connectivity index (χ3v) is 7.34. The van der Waals surface area contributed by atoms with E-state index in [1.807, 2.05) is 18.2 Å². The molecule has 1 amide bonds. The number of carbonyl (C=O) groups is 1. The molecule has 196 valence electrons. The Bertz CT molecular complexity index is 1010. The van der Waals surface area contributed by atoms with Gasteiger partial charge in [0.2, 0.25) is 0 Å². The van der Waals surface area contributed by atoms with E-state index in [0.717, 1.165) is 63.1 Å². The van der Waals surface area contributed by atoms with Gasteiger partial charge in [-0.15, -0.1) is 0 Å². The Morgan fingerprint density at radius 1 is 1.03 bits per heavy atom. The van der Waals surface area contributed by atoms with E-state index >= 15 is 0 Å². The average molecular weight is 493 g/mol. The highest BCUT2D eigenvalue weighted by molar-refractivity contribution is 5.94. The summed E-state index contributed by atoms with van der Waals surface area (Å²) in [4.78, 5) is 17.6. The molecule has 2 aliphatic heterocycles. The van der Waals surface area contributed by atoms with Crippen LogP contribution in [0.3, 0.4) is 0 Å². The molecule has 1 saturated heterocycles. The molecule has 0 aliphatic carbocycles. The zero-order valence-electron chi connectivity index (χ0n) is 22.5. The van der Waals surface area contributed by atoms with Gasteiger partial charge in [-0.1, -0.05) is 45.0 Å². The number of fused-ring (bicyclic) bond motifs is 3. The van der Waals surface area contributed by atoms with Crippen LogP contribution >= 0.6 is 0 Å². The fourth-order valence-electron chi connectivity index (χ4n) is 5.19. The fourth-order valence-corrected chi connectivity index (χ4v) is 5.19. The normalized spacial score (nSPS) is 20.2. The van der Waals surface area contributed by atoms with E-state index in [9.17, 15) is 9.90 Å². The highest BCUT2D eigenvalue weighted by Crippen LogP contribution is 2.27. The number of likely N-dealkylation sites (tertiary alicyclic amines) is 1. The fraction of sp³-hybridized carbons (Fsp3) is 0.581. The minimum absolute atomic E-state index is 0.000746. The summed E-state index contributed by atoms with van der Waals surface area (Å²) in [6, 6.07) is 14.7. The summed E-state index contributed by atoms with van der Waals surface area (Å²) in [5.41, 5.74) is 4.65. The lowest BCUT2D eigenvalue weighted by atomic mass is 9.92. The maximum absolute atomic E-state index is 13.2. The number of β-amino-alcohol motifs (C(OH)–C–C–N with tert-alkyl or cyclic N) is 1. The number of aliphatic hydroxyl groups is 1. The molecule has 1 fully saturated rings. The van der Waals surface area contributed by atoms with Crippen LogP contribution in [0.1, 0.15) is 86.3 Å². The number of hydrogen-bond donors (Lipinski definition) is 1. The molecule has 2 heterocycles. The summed E-state index contributed by atoms with van der Waals surface area (Å²) in [5.74, 6) is 0.874. The van der Waals surface area contributed by atoms with Gasteiger partial charge in [-0.25, -0.2) is 0 Å². The van der Waals surface area contributed by atoms with Crippen molar-refractivity contribution in [3.8, 4) is 5.75 Å². The van der Waals surface area contributed by atoms with Crippen LogP contribution in [0.2, 0.25) is 0 Å². The molecule has 1 unspecified atom stereocenters. The molecule has 0 radical (unpaired) electrons. The smallest absolute Gasteiger partial charge is 0.253 e. The van der Waals surface area contributed by atoms with E-state index in [2.05, 4.69) is 49.9 Å². The minimum Gasteiger partial charge on any atom is -0.493 e. The van der Waals surface area contributed by atoms with Crippen LogP contribution in [0, 0.1) is 5.41 Å². The Kier molecular flexibility index (Phi) is 9.08. The first-order chi connectivity index (χ1) is 17.3. The predicted molar refractivity (Wildman–Crippen MR) is 146 cm³/mol. The van der Waals surface area contributed by atoms with Crippen molar-refractivity contribution in [2.24, 2.45) is 5.41 Å². The van der Waals surface area contributed by atoms with Crippen LogP contribution in [0.4, 0.5) is 0 Å².